The number of ketones is 1. The van der Waals surface area contributed by atoms with E-state index in [1.54, 1.807) is 24.1 Å². The van der Waals surface area contributed by atoms with Crippen molar-refractivity contribution in [1.29, 1.82) is 0 Å². The summed E-state index contributed by atoms with van der Waals surface area (Å²) < 4.78 is 5.50. The smallest absolute Gasteiger partial charge is 0.260 e. The molecule has 0 heterocycles. The maximum absolute atomic E-state index is 11.9. The number of rotatable bonds is 5. The average molecular weight is 261 g/mol. The van der Waals surface area contributed by atoms with Crippen molar-refractivity contribution in [3.05, 3.63) is 29.3 Å². The van der Waals surface area contributed by atoms with Crippen LogP contribution in [0.25, 0.3) is 0 Å². The summed E-state index contributed by atoms with van der Waals surface area (Å²) in [6, 6.07) is 5.78. The van der Waals surface area contributed by atoms with Gasteiger partial charge in [-0.1, -0.05) is 11.6 Å². The second-order valence-electron chi connectivity index (χ2n) is 5.08. The zero-order valence-electron chi connectivity index (χ0n) is 11.6. The highest BCUT2D eigenvalue weighted by Crippen LogP contribution is 2.26. The molecule has 0 aromatic heterocycles. The lowest BCUT2D eigenvalue weighted by atomic mass is 10.1. The molecule has 4 nitrogen and oxygen atoms in total. The molecule has 0 radical (unpaired) electrons. The normalized spacial score (nSPS) is 14.1. The minimum absolute atomic E-state index is 0.0175. The Bertz CT molecular complexity index is 506. The second kappa shape index (κ2) is 5.43. The predicted molar refractivity (Wildman–Crippen MR) is 72.5 cm³/mol. The van der Waals surface area contributed by atoms with E-state index in [0.717, 1.165) is 18.4 Å². The summed E-state index contributed by atoms with van der Waals surface area (Å²) in [6.45, 7) is 3.40. The number of ether oxygens (including phenoxy) is 1. The Kier molecular flexibility index (Phi) is 3.88. The highest BCUT2D eigenvalue weighted by molar-refractivity contribution is 5.97. The lowest BCUT2D eigenvalue weighted by Crippen LogP contribution is -2.33. The summed E-state index contributed by atoms with van der Waals surface area (Å²) in [4.78, 5) is 25.1. The highest BCUT2D eigenvalue weighted by atomic mass is 16.5. The summed E-state index contributed by atoms with van der Waals surface area (Å²) >= 11 is 0. The van der Waals surface area contributed by atoms with Crippen LogP contribution in [0.4, 0.5) is 0 Å². The van der Waals surface area contributed by atoms with Crippen LogP contribution in [-0.4, -0.2) is 36.3 Å². The SMILES string of the molecule is CC(=O)c1cc(C)ccc1OCC(=O)N(C)C1CC1. The van der Waals surface area contributed by atoms with Crippen LogP contribution in [0.15, 0.2) is 18.2 Å². The highest BCUT2D eigenvalue weighted by Gasteiger charge is 2.29. The van der Waals surface area contributed by atoms with E-state index in [4.69, 9.17) is 4.74 Å². The minimum Gasteiger partial charge on any atom is -0.483 e. The van der Waals surface area contributed by atoms with Crippen molar-refractivity contribution in [3.63, 3.8) is 0 Å². The number of carbonyl (C=O) groups excluding carboxylic acids is 2. The van der Waals surface area contributed by atoms with Gasteiger partial charge in [0.15, 0.2) is 12.4 Å². The molecule has 1 aliphatic carbocycles. The molecule has 102 valence electrons. The maximum Gasteiger partial charge on any atom is 0.260 e. The van der Waals surface area contributed by atoms with Crippen LogP contribution in [0.2, 0.25) is 0 Å². The molecule has 0 N–H and O–H groups in total. The fraction of sp³-hybridized carbons (Fsp3) is 0.467. The van der Waals surface area contributed by atoms with E-state index in [0.29, 0.717) is 17.4 Å². The summed E-state index contributed by atoms with van der Waals surface area (Å²) in [5.74, 6) is 0.384. The van der Waals surface area contributed by atoms with Gasteiger partial charge in [-0.3, -0.25) is 9.59 Å². The standard InChI is InChI=1S/C15H19NO3/c1-10-4-7-14(13(8-10)11(2)17)19-9-15(18)16(3)12-5-6-12/h4,7-8,12H,5-6,9H2,1-3H3. The van der Waals surface area contributed by atoms with Crippen molar-refractivity contribution in [2.45, 2.75) is 32.7 Å². The van der Waals surface area contributed by atoms with Gasteiger partial charge in [0.05, 0.1) is 5.56 Å². The fourth-order valence-corrected chi connectivity index (χ4v) is 1.95. The van der Waals surface area contributed by atoms with Crippen molar-refractivity contribution in [2.24, 2.45) is 0 Å². The van der Waals surface area contributed by atoms with Crippen LogP contribution in [-0.2, 0) is 4.79 Å². The van der Waals surface area contributed by atoms with Gasteiger partial charge in [-0.25, -0.2) is 0 Å². The Balaban J connectivity index is 2.02. The third-order valence-corrected chi connectivity index (χ3v) is 3.35. The molecule has 0 saturated heterocycles. The molecule has 1 fully saturated rings. The van der Waals surface area contributed by atoms with E-state index in [1.807, 2.05) is 13.0 Å². The average Bonchev–Trinajstić information content (AvgIpc) is 3.20. The van der Waals surface area contributed by atoms with E-state index >= 15 is 0 Å². The molecule has 1 aromatic carbocycles. The molecule has 2 rings (SSSR count). The third kappa shape index (κ3) is 3.34. The van der Waals surface area contributed by atoms with Crippen molar-refractivity contribution in [3.8, 4) is 5.75 Å². The second-order valence-corrected chi connectivity index (χ2v) is 5.08. The van der Waals surface area contributed by atoms with Crippen molar-refractivity contribution in [1.82, 2.24) is 4.90 Å². The molecule has 1 aromatic rings. The van der Waals surface area contributed by atoms with Gasteiger partial charge in [-0.05, 0) is 38.8 Å². The Morgan fingerprint density at radius 3 is 2.63 bits per heavy atom. The predicted octanol–water partition coefficient (Wildman–Crippen LogP) is 2.20. The molecule has 0 unspecified atom stereocenters. The number of Topliss-reactive ketones (excluding diaryl/α,β-unsaturated/α-hetero) is 1. The molecule has 0 atom stereocenters. The lowest BCUT2D eigenvalue weighted by Gasteiger charge is -2.17. The Morgan fingerprint density at radius 2 is 2.05 bits per heavy atom. The summed E-state index contributed by atoms with van der Waals surface area (Å²) in [6.07, 6.45) is 2.15. The fourth-order valence-electron chi connectivity index (χ4n) is 1.95. The third-order valence-electron chi connectivity index (χ3n) is 3.35. The number of aryl methyl sites for hydroxylation is 1. The number of benzene rings is 1. The van der Waals surface area contributed by atoms with Gasteiger partial charge in [0.25, 0.3) is 5.91 Å². The van der Waals surface area contributed by atoms with Crippen LogP contribution in [0.1, 0.15) is 35.7 Å². The zero-order valence-corrected chi connectivity index (χ0v) is 11.6. The van der Waals surface area contributed by atoms with Crippen LogP contribution in [0.5, 0.6) is 5.75 Å². The molecular formula is C15H19NO3. The lowest BCUT2D eigenvalue weighted by molar-refractivity contribution is -0.132. The first kappa shape index (κ1) is 13.6. The molecular weight excluding hydrogens is 242 g/mol. The number of nitrogens with zero attached hydrogens (tertiary/aromatic N) is 1. The first-order valence-corrected chi connectivity index (χ1v) is 6.49. The Hall–Kier alpha value is -1.84. The number of hydrogen-bond donors (Lipinski definition) is 0. The summed E-state index contributed by atoms with van der Waals surface area (Å²) in [7, 11) is 1.80. The Labute approximate surface area is 113 Å². The van der Waals surface area contributed by atoms with Crippen LogP contribution >= 0.6 is 0 Å². The Morgan fingerprint density at radius 1 is 1.37 bits per heavy atom. The maximum atomic E-state index is 11.9. The van der Waals surface area contributed by atoms with Gasteiger partial charge in [0, 0.05) is 13.1 Å². The molecule has 1 saturated carbocycles. The minimum atomic E-state index is -0.0540. The molecule has 0 bridgehead atoms. The monoisotopic (exact) mass is 261 g/mol. The van der Waals surface area contributed by atoms with Gasteiger partial charge in [0.1, 0.15) is 5.75 Å². The van der Waals surface area contributed by atoms with Gasteiger partial charge >= 0.3 is 0 Å². The van der Waals surface area contributed by atoms with E-state index in [2.05, 4.69) is 0 Å². The molecule has 1 aliphatic rings. The van der Waals surface area contributed by atoms with E-state index in [-0.39, 0.29) is 18.3 Å². The largest absolute Gasteiger partial charge is 0.483 e. The van der Waals surface area contributed by atoms with E-state index in [9.17, 15) is 9.59 Å². The zero-order chi connectivity index (χ0) is 14.0. The van der Waals surface area contributed by atoms with Crippen molar-refractivity contribution >= 4 is 11.7 Å². The van der Waals surface area contributed by atoms with Crippen LogP contribution in [0, 0.1) is 6.92 Å². The van der Waals surface area contributed by atoms with Crippen molar-refractivity contribution in [2.75, 3.05) is 13.7 Å². The van der Waals surface area contributed by atoms with E-state index < -0.39 is 0 Å². The van der Waals surface area contributed by atoms with E-state index in [1.165, 1.54) is 6.92 Å². The molecule has 4 heteroatoms. The van der Waals surface area contributed by atoms with Gasteiger partial charge in [-0.15, -0.1) is 0 Å². The molecule has 19 heavy (non-hydrogen) atoms. The number of amides is 1. The van der Waals surface area contributed by atoms with Crippen molar-refractivity contribution < 1.29 is 14.3 Å². The quantitative estimate of drug-likeness (QED) is 0.763. The number of carbonyl (C=O) groups is 2. The molecule has 1 amide bonds. The van der Waals surface area contributed by atoms with Crippen LogP contribution < -0.4 is 4.74 Å². The number of likely N-dealkylation sites (N-methyl/N-ethyl adjacent to an activating group) is 1. The molecule has 0 spiro atoms. The summed E-state index contributed by atoms with van der Waals surface area (Å²) in [5, 5.41) is 0. The van der Waals surface area contributed by atoms with Gasteiger partial charge in [0.2, 0.25) is 0 Å². The summed E-state index contributed by atoms with van der Waals surface area (Å²) in [5.41, 5.74) is 1.53. The first-order chi connectivity index (χ1) is 8.99. The van der Waals surface area contributed by atoms with Crippen LogP contribution in [0.3, 0.4) is 0 Å². The van der Waals surface area contributed by atoms with Gasteiger partial charge in [-0.2, -0.15) is 0 Å². The first-order valence-electron chi connectivity index (χ1n) is 6.49. The number of hydrogen-bond acceptors (Lipinski definition) is 3. The topological polar surface area (TPSA) is 46.6 Å². The van der Waals surface area contributed by atoms with Gasteiger partial charge < -0.3 is 9.64 Å². The molecule has 0 aliphatic heterocycles.